The lowest BCUT2D eigenvalue weighted by Gasteiger charge is -2.09. The Morgan fingerprint density at radius 1 is 1.64 bits per heavy atom. The van der Waals surface area contributed by atoms with E-state index in [2.05, 4.69) is 4.98 Å². The van der Waals surface area contributed by atoms with E-state index in [9.17, 15) is 0 Å². The van der Waals surface area contributed by atoms with Crippen molar-refractivity contribution in [2.45, 2.75) is 6.10 Å². The fraction of sp³-hybridized carbons (Fsp3) is 0.333. The van der Waals surface area contributed by atoms with E-state index < -0.39 is 6.10 Å². The molecular formula is C9H10N2O3. The number of pyridine rings is 1. The van der Waals surface area contributed by atoms with Gasteiger partial charge >= 0.3 is 0 Å². The normalized spacial score (nSPS) is 11.8. The molecule has 5 nitrogen and oxygen atoms in total. The minimum absolute atomic E-state index is 0.0812. The van der Waals surface area contributed by atoms with E-state index in [1.807, 2.05) is 6.07 Å². The predicted octanol–water partition coefficient (Wildman–Crippen LogP) is -0.315. The van der Waals surface area contributed by atoms with Gasteiger partial charge in [0.1, 0.15) is 24.3 Å². The van der Waals surface area contributed by atoms with Crippen LogP contribution in [0.1, 0.15) is 5.56 Å². The monoisotopic (exact) mass is 194 g/mol. The number of nitrogens with zero attached hydrogens (tertiary/aromatic N) is 2. The Bertz CT molecular complexity index is 335. The third kappa shape index (κ3) is 2.69. The Balaban J connectivity index is 2.63. The van der Waals surface area contributed by atoms with Gasteiger partial charge in [0, 0.05) is 6.20 Å². The van der Waals surface area contributed by atoms with E-state index in [0.29, 0.717) is 5.56 Å². The molecule has 74 valence electrons. The second kappa shape index (κ2) is 5.17. The SMILES string of the molecule is N#Cc1cccnc1OC[C@@H](O)CO. The first-order valence-electron chi connectivity index (χ1n) is 4.04. The van der Waals surface area contributed by atoms with Gasteiger partial charge in [-0.25, -0.2) is 4.98 Å². The van der Waals surface area contributed by atoms with Crippen LogP contribution in [0.5, 0.6) is 5.88 Å². The Kier molecular flexibility index (Phi) is 3.85. The summed E-state index contributed by atoms with van der Waals surface area (Å²) in [5.74, 6) is 0.169. The quantitative estimate of drug-likeness (QED) is 0.686. The second-order valence-electron chi connectivity index (χ2n) is 2.62. The number of nitriles is 1. The summed E-state index contributed by atoms with van der Waals surface area (Å²) in [5.41, 5.74) is 0.303. The smallest absolute Gasteiger partial charge is 0.231 e. The van der Waals surface area contributed by atoms with Crippen LogP contribution in [0.4, 0.5) is 0 Å². The Morgan fingerprint density at radius 2 is 2.43 bits per heavy atom. The first-order chi connectivity index (χ1) is 6.77. The van der Waals surface area contributed by atoms with Crippen LogP contribution in [0, 0.1) is 11.3 Å². The summed E-state index contributed by atoms with van der Waals surface area (Å²) >= 11 is 0. The maximum atomic E-state index is 9.00. The topological polar surface area (TPSA) is 86.4 Å². The van der Waals surface area contributed by atoms with E-state index in [1.54, 1.807) is 12.1 Å². The fourth-order valence-electron chi connectivity index (χ4n) is 0.819. The van der Waals surface area contributed by atoms with Crippen molar-refractivity contribution in [1.29, 1.82) is 5.26 Å². The average molecular weight is 194 g/mol. The molecule has 1 atom stereocenters. The molecule has 0 aliphatic rings. The molecule has 0 saturated carbocycles. The largest absolute Gasteiger partial charge is 0.474 e. The van der Waals surface area contributed by atoms with Gasteiger partial charge < -0.3 is 14.9 Å². The lowest BCUT2D eigenvalue weighted by atomic mass is 10.3. The summed E-state index contributed by atoms with van der Waals surface area (Å²) < 4.78 is 5.04. The minimum atomic E-state index is -0.955. The van der Waals surface area contributed by atoms with Crippen molar-refractivity contribution in [3.8, 4) is 11.9 Å². The fourth-order valence-corrected chi connectivity index (χ4v) is 0.819. The molecular weight excluding hydrogens is 184 g/mol. The molecule has 0 radical (unpaired) electrons. The van der Waals surface area contributed by atoms with Gasteiger partial charge in [-0.2, -0.15) is 5.26 Å². The van der Waals surface area contributed by atoms with Crippen LogP contribution in [-0.2, 0) is 0 Å². The molecule has 0 unspecified atom stereocenters. The van der Waals surface area contributed by atoms with Crippen LogP contribution < -0.4 is 4.74 Å². The van der Waals surface area contributed by atoms with Crippen molar-refractivity contribution in [2.75, 3.05) is 13.2 Å². The van der Waals surface area contributed by atoms with Crippen LogP contribution >= 0.6 is 0 Å². The van der Waals surface area contributed by atoms with E-state index in [1.165, 1.54) is 6.20 Å². The summed E-state index contributed by atoms with van der Waals surface area (Å²) in [6.07, 6.45) is 0.533. The van der Waals surface area contributed by atoms with Crippen molar-refractivity contribution in [3.63, 3.8) is 0 Å². The van der Waals surface area contributed by atoms with Crippen molar-refractivity contribution >= 4 is 0 Å². The van der Waals surface area contributed by atoms with Gasteiger partial charge in [-0.3, -0.25) is 0 Å². The van der Waals surface area contributed by atoms with E-state index in [-0.39, 0.29) is 19.1 Å². The molecule has 1 aromatic heterocycles. The summed E-state index contributed by atoms with van der Waals surface area (Å²) in [6.45, 7) is -0.461. The van der Waals surface area contributed by atoms with E-state index in [0.717, 1.165) is 0 Å². The van der Waals surface area contributed by atoms with Crippen LogP contribution in [0.3, 0.4) is 0 Å². The number of aromatic nitrogens is 1. The number of aliphatic hydroxyl groups is 2. The first-order valence-corrected chi connectivity index (χ1v) is 4.04. The maximum absolute atomic E-state index is 9.00. The molecule has 14 heavy (non-hydrogen) atoms. The molecule has 1 rings (SSSR count). The molecule has 0 fully saturated rings. The predicted molar refractivity (Wildman–Crippen MR) is 47.5 cm³/mol. The van der Waals surface area contributed by atoms with Crippen molar-refractivity contribution in [1.82, 2.24) is 4.98 Å². The van der Waals surface area contributed by atoms with Crippen LogP contribution in [0.15, 0.2) is 18.3 Å². The molecule has 0 saturated heterocycles. The number of hydrogen-bond donors (Lipinski definition) is 2. The van der Waals surface area contributed by atoms with Crippen LogP contribution in [0.25, 0.3) is 0 Å². The molecule has 0 aliphatic carbocycles. The van der Waals surface area contributed by atoms with Gasteiger partial charge in [0.25, 0.3) is 0 Å². The third-order valence-corrected chi connectivity index (χ3v) is 1.51. The molecule has 0 aromatic carbocycles. The molecule has 0 amide bonds. The molecule has 0 spiro atoms. The summed E-state index contributed by atoms with van der Waals surface area (Å²) in [6, 6.07) is 5.09. The number of ether oxygens (including phenoxy) is 1. The summed E-state index contributed by atoms with van der Waals surface area (Å²) in [7, 11) is 0. The zero-order chi connectivity index (χ0) is 10.4. The van der Waals surface area contributed by atoms with E-state index in [4.69, 9.17) is 20.2 Å². The lowest BCUT2D eigenvalue weighted by Crippen LogP contribution is -2.21. The van der Waals surface area contributed by atoms with Crippen molar-refractivity contribution in [3.05, 3.63) is 23.9 Å². The molecule has 1 aromatic rings. The van der Waals surface area contributed by atoms with Gasteiger partial charge in [0.05, 0.1) is 6.61 Å². The Hall–Kier alpha value is -1.64. The minimum Gasteiger partial charge on any atom is -0.474 e. The van der Waals surface area contributed by atoms with Gasteiger partial charge in [0.2, 0.25) is 5.88 Å². The van der Waals surface area contributed by atoms with E-state index >= 15 is 0 Å². The van der Waals surface area contributed by atoms with Gasteiger partial charge in [-0.1, -0.05) is 0 Å². The highest BCUT2D eigenvalue weighted by Crippen LogP contribution is 2.12. The summed E-state index contributed by atoms with van der Waals surface area (Å²) in [4.78, 5) is 3.82. The average Bonchev–Trinajstić information content (AvgIpc) is 2.26. The summed E-state index contributed by atoms with van der Waals surface area (Å²) in [5, 5.41) is 26.2. The third-order valence-electron chi connectivity index (χ3n) is 1.51. The van der Waals surface area contributed by atoms with Gasteiger partial charge in [0.15, 0.2) is 0 Å². The zero-order valence-electron chi connectivity index (χ0n) is 7.42. The second-order valence-corrected chi connectivity index (χ2v) is 2.62. The highest BCUT2D eigenvalue weighted by molar-refractivity contribution is 5.36. The molecule has 0 aliphatic heterocycles. The molecule has 5 heteroatoms. The standard InChI is InChI=1S/C9H10N2O3/c10-4-7-2-1-3-11-9(7)14-6-8(13)5-12/h1-3,8,12-13H,5-6H2/t8-/m0/s1. The van der Waals surface area contributed by atoms with Crippen LogP contribution in [-0.4, -0.2) is 34.5 Å². The highest BCUT2D eigenvalue weighted by Gasteiger charge is 2.07. The Morgan fingerprint density at radius 3 is 3.07 bits per heavy atom. The number of aliphatic hydroxyl groups excluding tert-OH is 2. The lowest BCUT2D eigenvalue weighted by molar-refractivity contribution is 0.0520. The zero-order valence-corrected chi connectivity index (χ0v) is 7.42. The molecule has 1 heterocycles. The molecule has 0 bridgehead atoms. The number of hydrogen-bond acceptors (Lipinski definition) is 5. The van der Waals surface area contributed by atoms with Crippen LogP contribution in [0.2, 0.25) is 0 Å². The maximum Gasteiger partial charge on any atom is 0.231 e. The number of rotatable bonds is 4. The highest BCUT2D eigenvalue weighted by atomic mass is 16.5. The van der Waals surface area contributed by atoms with Crippen molar-refractivity contribution < 1.29 is 14.9 Å². The van der Waals surface area contributed by atoms with Crippen molar-refractivity contribution in [2.24, 2.45) is 0 Å². The Labute approximate surface area is 81.2 Å². The van der Waals surface area contributed by atoms with Gasteiger partial charge in [-0.05, 0) is 12.1 Å². The van der Waals surface area contributed by atoms with Gasteiger partial charge in [-0.15, -0.1) is 0 Å². The first kappa shape index (κ1) is 10.4. The molecule has 2 N–H and O–H groups in total.